The Bertz CT molecular complexity index is 1450. The molecule has 0 radical (unpaired) electrons. The third kappa shape index (κ3) is 5.22. The van der Waals surface area contributed by atoms with E-state index in [4.69, 9.17) is 0 Å². The highest BCUT2D eigenvalue weighted by Crippen LogP contribution is 2.24. The molecule has 1 unspecified atom stereocenters. The summed E-state index contributed by atoms with van der Waals surface area (Å²) >= 11 is 0. The molecule has 1 atom stereocenters. The van der Waals surface area contributed by atoms with Gasteiger partial charge in [-0.1, -0.05) is 36.4 Å². The van der Waals surface area contributed by atoms with Gasteiger partial charge in [0.1, 0.15) is 0 Å². The number of aryl methyl sites for hydroxylation is 2. The van der Waals surface area contributed by atoms with E-state index in [9.17, 15) is 14.7 Å². The predicted octanol–water partition coefficient (Wildman–Crippen LogP) is 3.96. The van der Waals surface area contributed by atoms with Crippen LogP contribution in [-0.4, -0.2) is 50.9 Å². The second-order valence-corrected chi connectivity index (χ2v) is 9.11. The fraction of sp³-hybridized carbons (Fsp3) is 0.214. The zero-order valence-electron chi connectivity index (χ0n) is 20.7. The van der Waals surface area contributed by atoms with Crippen molar-refractivity contribution in [1.82, 2.24) is 14.8 Å². The lowest BCUT2D eigenvalue weighted by Crippen LogP contribution is -2.21. The summed E-state index contributed by atoms with van der Waals surface area (Å²) in [5.41, 5.74) is 4.34. The van der Waals surface area contributed by atoms with E-state index in [1.54, 1.807) is 24.3 Å². The number of aromatic nitrogens is 3. The maximum Gasteiger partial charge on any atom is 0.258 e. The Labute approximate surface area is 214 Å². The van der Waals surface area contributed by atoms with Crippen LogP contribution in [0.5, 0.6) is 0 Å². The van der Waals surface area contributed by atoms with E-state index in [-0.39, 0.29) is 29.8 Å². The molecule has 1 aliphatic heterocycles. The second kappa shape index (κ2) is 10.2. The van der Waals surface area contributed by atoms with Crippen molar-refractivity contribution in [3.05, 3.63) is 95.1 Å². The van der Waals surface area contributed by atoms with E-state index in [2.05, 4.69) is 25.6 Å². The number of hydrogen-bond donors (Lipinski definition) is 3. The van der Waals surface area contributed by atoms with Crippen molar-refractivity contribution in [3.8, 4) is 5.69 Å². The van der Waals surface area contributed by atoms with E-state index in [1.807, 2.05) is 62.4 Å². The number of aliphatic hydroxyl groups excluding tert-OH is 1. The Morgan fingerprint density at radius 1 is 0.838 bits per heavy atom. The first-order valence-corrected chi connectivity index (χ1v) is 12.1. The molecule has 0 aliphatic carbocycles. The van der Waals surface area contributed by atoms with Gasteiger partial charge in [-0.2, -0.15) is 9.67 Å². The highest BCUT2D eigenvalue weighted by molar-refractivity contribution is 6.06. The second-order valence-electron chi connectivity index (χ2n) is 9.11. The van der Waals surface area contributed by atoms with Crippen LogP contribution < -0.4 is 15.5 Å². The molecule has 3 N–H and O–H groups in total. The predicted molar refractivity (Wildman–Crippen MR) is 142 cm³/mol. The Balaban J connectivity index is 1.46. The minimum absolute atomic E-state index is 0.0695. The quantitative estimate of drug-likeness (QED) is 0.373. The largest absolute Gasteiger partial charge is 0.391 e. The lowest BCUT2D eigenvalue weighted by molar-refractivity contribution is 0.101. The molecule has 5 rings (SSSR count). The molecule has 1 saturated heterocycles. The number of amides is 2. The maximum atomic E-state index is 13.1. The molecular formula is C28H28N6O3. The topological polar surface area (TPSA) is 112 Å². The van der Waals surface area contributed by atoms with Gasteiger partial charge in [0.2, 0.25) is 5.95 Å². The summed E-state index contributed by atoms with van der Waals surface area (Å²) in [5.74, 6) is -0.418. The summed E-state index contributed by atoms with van der Waals surface area (Å²) in [5, 5.41) is 19.9. The zero-order valence-corrected chi connectivity index (χ0v) is 20.7. The molecule has 9 nitrogen and oxygen atoms in total. The molecule has 0 spiro atoms. The lowest BCUT2D eigenvalue weighted by atomic mass is 10.1. The molecule has 37 heavy (non-hydrogen) atoms. The third-order valence-electron chi connectivity index (χ3n) is 6.46. The highest BCUT2D eigenvalue weighted by Gasteiger charge is 2.22. The first kappa shape index (κ1) is 24.2. The number of β-amino-alcohol motifs (C(OH)–C–C–N with tert-alkyl or cyclic N) is 1. The standard InChI is InChI=1S/C28H28N6O3/c1-18-7-3-5-9-23(18)25(36)29-27-31-28(30-26(37)24-10-6-4-8-19(24)2)34(32-27)21-13-11-20(12-14-21)33-16-15-22(35)17-33/h3-14,22,35H,15-17H2,1-2H3,(H2,29,30,31,32,36,37). The smallest absolute Gasteiger partial charge is 0.258 e. The van der Waals surface area contributed by atoms with Crippen molar-refractivity contribution < 1.29 is 14.7 Å². The summed E-state index contributed by atoms with van der Waals surface area (Å²) < 4.78 is 1.49. The molecule has 9 heteroatoms. The number of anilines is 3. The third-order valence-corrected chi connectivity index (χ3v) is 6.46. The summed E-state index contributed by atoms with van der Waals surface area (Å²) in [6, 6.07) is 22.1. The van der Waals surface area contributed by atoms with E-state index in [0.29, 0.717) is 23.4 Å². The minimum Gasteiger partial charge on any atom is -0.391 e. The molecule has 0 bridgehead atoms. The van der Waals surface area contributed by atoms with Gasteiger partial charge >= 0.3 is 0 Å². The van der Waals surface area contributed by atoms with Gasteiger partial charge in [0, 0.05) is 29.9 Å². The van der Waals surface area contributed by atoms with Crippen LogP contribution in [0.4, 0.5) is 17.6 Å². The Morgan fingerprint density at radius 2 is 1.41 bits per heavy atom. The Morgan fingerprint density at radius 3 is 1.97 bits per heavy atom. The van der Waals surface area contributed by atoms with Crippen molar-refractivity contribution >= 4 is 29.4 Å². The Kier molecular flexibility index (Phi) is 6.70. The fourth-order valence-corrected chi connectivity index (χ4v) is 4.40. The van der Waals surface area contributed by atoms with E-state index in [1.165, 1.54) is 4.68 Å². The van der Waals surface area contributed by atoms with Gasteiger partial charge in [0.15, 0.2) is 0 Å². The molecule has 1 fully saturated rings. The average molecular weight is 497 g/mol. The van der Waals surface area contributed by atoms with E-state index in [0.717, 1.165) is 29.8 Å². The molecular weight excluding hydrogens is 468 g/mol. The number of nitrogens with one attached hydrogen (secondary N) is 2. The molecule has 2 amide bonds. The molecule has 0 saturated carbocycles. The van der Waals surface area contributed by atoms with Crippen LogP contribution in [0.3, 0.4) is 0 Å². The number of carbonyl (C=O) groups excluding carboxylic acids is 2. The molecule has 3 aromatic carbocycles. The van der Waals surface area contributed by atoms with Crippen molar-refractivity contribution in [2.75, 3.05) is 28.6 Å². The molecule has 188 valence electrons. The van der Waals surface area contributed by atoms with Crippen molar-refractivity contribution in [3.63, 3.8) is 0 Å². The van der Waals surface area contributed by atoms with Gasteiger partial charge < -0.3 is 10.0 Å². The molecule has 4 aromatic rings. The van der Waals surface area contributed by atoms with Crippen molar-refractivity contribution in [1.29, 1.82) is 0 Å². The van der Waals surface area contributed by atoms with Crippen LogP contribution in [0.15, 0.2) is 72.8 Å². The van der Waals surface area contributed by atoms with Crippen LogP contribution in [0.1, 0.15) is 38.3 Å². The summed E-state index contributed by atoms with van der Waals surface area (Å²) in [7, 11) is 0. The van der Waals surface area contributed by atoms with E-state index >= 15 is 0 Å². The van der Waals surface area contributed by atoms with Crippen LogP contribution in [0.25, 0.3) is 5.69 Å². The number of benzene rings is 3. The van der Waals surface area contributed by atoms with Gasteiger partial charge in [-0.05, 0) is 67.8 Å². The van der Waals surface area contributed by atoms with Gasteiger partial charge in [0.05, 0.1) is 11.8 Å². The average Bonchev–Trinajstić information content (AvgIpc) is 3.50. The van der Waals surface area contributed by atoms with Gasteiger partial charge in [-0.15, -0.1) is 5.10 Å². The van der Waals surface area contributed by atoms with Crippen LogP contribution in [-0.2, 0) is 0 Å². The first-order chi connectivity index (χ1) is 17.9. The fourth-order valence-electron chi connectivity index (χ4n) is 4.40. The number of rotatable bonds is 6. The number of nitrogens with zero attached hydrogens (tertiary/aromatic N) is 4. The minimum atomic E-state index is -0.338. The first-order valence-electron chi connectivity index (χ1n) is 12.1. The van der Waals surface area contributed by atoms with Crippen LogP contribution >= 0.6 is 0 Å². The monoisotopic (exact) mass is 496 g/mol. The molecule has 2 heterocycles. The zero-order chi connectivity index (χ0) is 25.9. The number of carbonyl (C=O) groups is 2. The number of hydrogen-bond acceptors (Lipinski definition) is 6. The normalized spacial score (nSPS) is 15.0. The van der Waals surface area contributed by atoms with Gasteiger partial charge in [-0.25, -0.2) is 0 Å². The molecule has 1 aromatic heterocycles. The van der Waals surface area contributed by atoms with Crippen LogP contribution in [0.2, 0.25) is 0 Å². The van der Waals surface area contributed by atoms with E-state index < -0.39 is 0 Å². The summed E-state index contributed by atoms with van der Waals surface area (Å²) in [6.07, 6.45) is 0.418. The SMILES string of the molecule is Cc1ccccc1C(=O)Nc1nc(NC(=O)c2ccccc2C)n(-c2ccc(N3CCC(O)C3)cc2)n1. The van der Waals surface area contributed by atoms with Crippen LogP contribution in [0, 0.1) is 13.8 Å². The summed E-state index contributed by atoms with van der Waals surface area (Å²) in [6.45, 7) is 5.10. The maximum absolute atomic E-state index is 13.1. The van der Waals surface area contributed by atoms with Gasteiger partial charge in [0.25, 0.3) is 17.8 Å². The highest BCUT2D eigenvalue weighted by atomic mass is 16.3. The van der Waals surface area contributed by atoms with Crippen molar-refractivity contribution in [2.24, 2.45) is 0 Å². The Hall–Kier alpha value is -4.50. The lowest BCUT2D eigenvalue weighted by Gasteiger charge is -2.18. The van der Waals surface area contributed by atoms with Crippen molar-refractivity contribution in [2.45, 2.75) is 26.4 Å². The summed E-state index contributed by atoms with van der Waals surface area (Å²) in [4.78, 5) is 32.5. The van der Waals surface area contributed by atoms with Gasteiger partial charge in [-0.3, -0.25) is 20.2 Å². The molecule has 1 aliphatic rings. The number of aliphatic hydroxyl groups is 1.